The van der Waals surface area contributed by atoms with Crippen LogP contribution in [0.4, 0.5) is 14.9 Å². The SMILES string of the molecule is COc1ccc(-c2nc(C3(c4cc(F)ccc4C)CC3)no2)cc1N1CCNC1=O. The van der Waals surface area contributed by atoms with Gasteiger partial charge in [0.15, 0.2) is 5.82 Å². The number of methoxy groups -OCH3 is 1. The average Bonchev–Trinajstić information content (AvgIpc) is 3.18. The van der Waals surface area contributed by atoms with E-state index in [1.807, 2.05) is 19.1 Å². The Morgan fingerprint density at radius 1 is 1.23 bits per heavy atom. The van der Waals surface area contributed by atoms with Crippen LogP contribution in [0.1, 0.15) is 29.8 Å². The molecule has 1 aromatic heterocycles. The molecule has 5 rings (SSSR count). The van der Waals surface area contributed by atoms with Gasteiger partial charge in [-0.1, -0.05) is 11.2 Å². The predicted octanol–water partition coefficient (Wildman–Crippen LogP) is 3.80. The summed E-state index contributed by atoms with van der Waals surface area (Å²) in [5.74, 6) is 1.23. The normalized spacial score (nSPS) is 17.2. The van der Waals surface area contributed by atoms with E-state index in [2.05, 4.69) is 15.5 Å². The van der Waals surface area contributed by atoms with Crippen molar-refractivity contribution in [3.8, 4) is 17.2 Å². The first kappa shape index (κ1) is 18.6. The maximum Gasteiger partial charge on any atom is 0.322 e. The number of halogens is 1. The summed E-state index contributed by atoms with van der Waals surface area (Å²) in [5, 5.41) is 7.01. The van der Waals surface area contributed by atoms with Crippen molar-refractivity contribution >= 4 is 11.7 Å². The van der Waals surface area contributed by atoms with Gasteiger partial charge in [-0.15, -0.1) is 0 Å². The van der Waals surface area contributed by atoms with Gasteiger partial charge < -0.3 is 14.6 Å². The van der Waals surface area contributed by atoms with Gasteiger partial charge in [-0.2, -0.15) is 4.98 Å². The van der Waals surface area contributed by atoms with Gasteiger partial charge in [-0.25, -0.2) is 9.18 Å². The van der Waals surface area contributed by atoms with Gasteiger partial charge >= 0.3 is 6.03 Å². The molecule has 8 heteroatoms. The summed E-state index contributed by atoms with van der Waals surface area (Å²) in [6.07, 6.45) is 1.69. The Morgan fingerprint density at radius 3 is 2.77 bits per heavy atom. The van der Waals surface area contributed by atoms with Crippen LogP contribution in [0.15, 0.2) is 40.9 Å². The van der Waals surface area contributed by atoms with Crippen molar-refractivity contribution in [3.63, 3.8) is 0 Å². The molecule has 7 nitrogen and oxygen atoms in total. The number of aromatic nitrogens is 2. The zero-order valence-corrected chi connectivity index (χ0v) is 16.7. The van der Waals surface area contributed by atoms with Gasteiger partial charge in [0.25, 0.3) is 5.89 Å². The molecule has 1 N–H and O–H groups in total. The number of rotatable bonds is 5. The Balaban J connectivity index is 1.52. The van der Waals surface area contributed by atoms with Crippen molar-refractivity contribution in [2.45, 2.75) is 25.2 Å². The Morgan fingerprint density at radius 2 is 2.07 bits per heavy atom. The first-order valence-corrected chi connectivity index (χ1v) is 9.86. The second-order valence-corrected chi connectivity index (χ2v) is 7.73. The fourth-order valence-electron chi connectivity index (χ4n) is 4.12. The highest BCUT2D eigenvalue weighted by Crippen LogP contribution is 2.53. The lowest BCUT2D eigenvalue weighted by atomic mass is 9.91. The van der Waals surface area contributed by atoms with Gasteiger partial charge in [-0.3, -0.25) is 4.90 Å². The van der Waals surface area contributed by atoms with Crippen LogP contribution in [-0.4, -0.2) is 36.4 Å². The van der Waals surface area contributed by atoms with Crippen LogP contribution in [0.25, 0.3) is 11.5 Å². The summed E-state index contributed by atoms with van der Waals surface area (Å²) in [5.41, 5.74) is 2.84. The quantitative estimate of drug-likeness (QED) is 0.695. The molecule has 1 aliphatic carbocycles. The number of carbonyl (C=O) groups is 1. The molecule has 1 aliphatic heterocycles. The monoisotopic (exact) mass is 408 g/mol. The average molecular weight is 408 g/mol. The standard InChI is InChI=1S/C22H21FN4O3/c1-13-3-5-15(23)12-16(13)22(7-8-22)20-25-19(30-26-20)14-4-6-18(29-2)17(11-14)27-10-9-24-21(27)28/h3-6,11-12H,7-10H2,1-2H3,(H,24,28). The largest absolute Gasteiger partial charge is 0.495 e. The molecule has 154 valence electrons. The molecule has 1 saturated heterocycles. The third-order valence-corrected chi connectivity index (χ3v) is 5.89. The maximum atomic E-state index is 13.9. The number of urea groups is 1. The van der Waals surface area contributed by atoms with Crippen LogP contribution >= 0.6 is 0 Å². The molecule has 0 spiro atoms. The number of carbonyl (C=O) groups excluding carboxylic acids is 1. The molecular weight excluding hydrogens is 387 g/mol. The lowest BCUT2D eigenvalue weighted by Gasteiger charge is -2.18. The van der Waals surface area contributed by atoms with Crippen molar-refractivity contribution < 1.29 is 18.4 Å². The Hall–Kier alpha value is -3.42. The molecule has 30 heavy (non-hydrogen) atoms. The molecule has 2 fully saturated rings. The zero-order valence-electron chi connectivity index (χ0n) is 16.7. The molecule has 2 heterocycles. The minimum Gasteiger partial charge on any atom is -0.495 e. The van der Waals surface area contributed by atoms with E-state index in [4.69, 9.17) is 9.26 Å². The Labute approximate surface area is 172 Å². The second kappa shape index (κ2) is 6.83. The van der Waals surface area contributed by atoms with E-state index < -0.39 is 5.41 Å². The Kier molecular flexibility index (Phi) is 4.23. The third-order valence-electron chi connectivity index (χ3n) is 5.89. The summed E-state index contributed by atoms with van der Waals surface area (Å²) in [4.78, 5) is 18.4. The van der Waals surface area contributed by atoms with Crippen LogP contribution in [0.2, 0.25) is 0 Å². The van der Waals surface area contributed by atoms with E-state index in [1.54, 1.807) is 30.2 Å². The number of hydrogen-bond donors (Lipinski definition) is 1. The summed E-state index contributed by atoms with van der Waals surface area (Å²) in [6.45, 7) is 3.09. The maximum absolute atomic E-state index is 13.9. The minimum absolute atomic E-state index is 0.171. The van der Waals surface area contributed by atoms with Crippen LogP contribution in [-0.2, 0) is 5.41 Å². The second-order valence-electron chi connectivity index (χ2n) is 7.73. The van der Waals surface area contributed by atoms with E-state index in [0.29, 0.717) is 41.8 Å². The highest BCUT2D eigenvalue weighted by molar-refractivity contribution is 5.96. The number of benzene rings is 2. The summed E-state index contributed by atoms with van der Waals surface area (Å²) in [6, 6.07) is 10.1. The molecule has 2 aromatic carbocycles. The molecule has 1 saturated carbocycles. The van der Waals surface area contributed by atoms with Gasteiger partial charge in [0.1, 0.15) is 11.6 Å². The molecule has 2 aliphatic rings. The van der Waals surface area contributed by atoms with Crippen LogP contribution in [0.3, 0.4) is 0 Å². The van der Waals surface area contributed by atoms with Crippen LogP contribution < -0.4 is 15.0 Å². The minimum atomic E-state index is -0.405. The van der Waals surface area contributed by atoms with E-state index in [-0.39, 0.29) is 11.8 Å². The zero-order chi connectivity index (χ0) is 20.9. The summed E-state index contributed by atoms with van der Waals surface area (Å²) >= 11 is 0. The summed E-state index contributed by atoms with van der Waals surface area (Å²) < 4.78 is 24.9. The lowest BCUT2D eigenvalue weighted by Crippen LogP contribution is -2.28. The Bertz CT molecular complexity index is 1140. The number of hydrogen-bond acceptors (Lipinski definition) is 5. The van der Waals surface area contributed by atoms with Crippen molar-refractivity contribution in [2.75, 3.05) is 25.1 Å². The van der Waals surface area contributed by atoms with Gasteiger partial charge in [0.2, 0.25) is 0 Å². The molecule has 0 bridgehead atoms. The van der Waals surface area contributed by atoms with Crippen molar-refractivity contribution in [1.82, 2.24) is 15.5 Å². The van der Waals surface area contributed by atoms with Crippen molar-refractivity contribution in [2.24, 2.45) is 0 Å². The number of ether oxygens (including phenoxy) is 1. The number of anilines is 1. The van der Waals surface area contributed by atoms with E-state index in [0.717, 1.165) is 24.0 Å². The number of aryl methyl sites for hydroxylation is 1. The van der Waals surface area contributed by atoms with E-state index in [1.165, 1.54) is 6.07 Å². The highest BCUT2D eigenvalue weighted by atomic mass is 19.1. The molecular formula is C22H21FN4O3. The van der Waals surface area contributed by atoms with Gasteiger partial charge in [0, 0.05) is 18.7 Å². The van der Waals surface area contributed by atoms with Gasteiger partial charge in [-0.05, 0) is 61.2 Å². The molecule has 2 amide bonds. The first-order valence-electron chi connectivity index (χ1n) is 9.86. The smallest absolute Gasteiger partial charge is 0.322 e. The van der Waals surface area contributed by atoms with Gasteiger partial charge in [0.05, 0.1) is 18.2 Å². The molecule has 3 aromatic rings. The van der Waals surface area contributed by atoms with E-state index in [9.17, 15) is 9.18 Å². The molecule has 0 unspecified atom stereocenters. The highest BCUT2D eigenvalue weighted by Gasteiger charge is 2.51. The van der Waals surface area contributed by atoms with Crippen LogP contribution in [0.5, 0.6) is 5.75 Å². The topological polar surface area (TPSA) is 80.5 Å². The lowest BCUT2D eigenvalue weighted by molar-refractivity contribution is 0.252. The van der Waals surface area contributed by atoms with Crippen LogP contribution in [0, 0.1) is 12.7 Å². The van der Waals surface area contributed by atoms with Crippen molar-refractivity contribution in [1.29, 1.82) is 0 Å². The van der Waals surface area contributed by atoms with E-state index >= 15 is 0 Å². The first-order chi connectivity index (χ1) is 14.5. The predicted molar refractivity (Wildman–Crippen MR) is 108 cm³/mol. The molecule has 0 atom stereocenters. The third kappa shape index (κ3) is 2.91. The number of nitrogens with zero attached hydrogens (tertiary/aromatic N) is 3. The summed E-state index contributed by atoms with van der Waals surface area (Å²) in [7, 11) is 1.56. The van der Waals surface area contributed by atoms with Crippen molar-refractivity contribution in [3.05, 3.63) is 59.2 Å². The number of amides is 2. The fraction of sp³-hybridized carbons (Fsp3) is 0.318. The fourth-order valence-corrected chi connectivity index (χ4v) is 4.12. The molecule has 0 radical (unpaired) electrons. The number of nitrogens with one attached hydrogen (secondary N) is 1.